The monoisotopic (exact) mass is 250 g/mol. The van der Waals surface area contributed by atoms with Gasteiger partial charge in [-0.1, -0.05) is 75.8 Å². The van der Waals surface area contributed by atoms with Gasteiger partial charge in [0.2, 0.25) is 0 Å². The molecule has 0 aliphatic heterocycles. The summed E-state index contributed by atoms with van der Waals surface area (Å²) in [6.07, 6.45) is 7.21. The number of hydrogen-bond acceptors (Lipinski definition) is 1. The maximum atomic E-state index is 5.18. The molecule has 0 spiro atoms. The maximum Gasteiger partial charge on any atom is 0.0793 e. The number of ether oxygens (including phenoxy) is 1. The molecule has 1 atom stereocenters. The van der Waals surface area contributed by atoms with E-state index in [1.165, 1.54) is 43.2 Å². The molecule has 18 heavy (non-hydrogen) atoms. The van der Waals surface area contributed by atoms with Crippen LogP contribution in [-0.2, 0) is 4.74 Å². The third-order valence-electron chi connectivity index (χ3n) is 3.11. The summed E-state index contributed by atoms with van der Waals surface area (Å²) in [4.78, 5) is 0. The van der Waals surface area contributed by atoms with Crippen molar-refractivity contribution >= 4 is 0 Å². The highest BCUT2D eigenvalue weighted by Crippen LogP contribution is 2.15. The van der Waals surface area contributed by atoms with Crippen molar-refractivity contribution in [3.05, 3.63) is 35.4 Å². The maximum absolute atomic E-state index is 5.18. The van der Waals surface area contributed by atoms with Gasteiger partial charge in [0.25, 0.3) is 0 Å². The largest absolute Gasteiger partial charge is 0.377 e. The molecule has 0 saturated carbocycles. The minimum absolute atomic E-state index is 0.204. The molecule has 0 saturated heterocycles. The summed E-state index contributed by atoms with van der Waals surface area (Å²) >= 11 is 0. The summed E-state index contributed by atoms with van der Waals surface area (Å²) in [7, 11) is 1.73. The fraction of sp³-hybridized carbons (Fsp3) is 0.647. The van der Waals surface area contributed by atoms with Crippen molar-refractivity contribution < 1.29 is 4.74 Å². The van der Waals surface area contributed by atoms with Crippen LogP contribution in [0.1, 0.15) is 70.1 Å². The van der Waals surface area contributed by atoms with E-state index in [4.69, 9.17) is 4.74 Å². The van der Waals surface area contributed by atoms with Crippen molar-refractivity contribution in [2.45, 2.75) is 65.9 Å². The zero-order chi connectivity index (χ0) is 13.8. The quantitative estimate of drug-likeness (QED) is 0.590. The van der Waals surface area contributed by atoms with Gasteiger partial charge in [-0.15, -0.1) is 0 Å². The summed E-state index contributed by atoms with van der Waals surface area (Å²) in [5, 5.41) is 0. The molecular formula is C17H30O. The Bertz CT molecular complexity index is 272. The molecular weight excluding hydrogens is 220 g/mol. The molecule has 0 amide bonds. The van der Waals surface area contributed by atoms with Gasteiger partial charge in [-0.2, -0.15) is 0 Å². The molecule has 1 heteroatoms. The van der Waals surface area contributed by atoms with E-state index in [0.29, 0.717) is 0 Å². The first-order chi connectivity index (χ1) is 8.65. The third-order valence-corrected chi connectivity index (χ3v) is 3.11. The Morgan fingerprint density at radius 2 is 1.44 bits per heavy atom. The van der Waals surface area contributed by atoms with E-state index in [2.05, 4.69) is 45.0 Å². The summed E-state index contributed by atoms with van der Waals surface area (Å²) < 4.78 is 5.18. The summed E-state index contributed by atoms with van der Waals surface area (Å²) in [5.41, 5.74) is 2.52. The lowest BCUT2D eigenvalue weighted by molar-refractivity contribution is 0.119. The zero-order valence-electron chi connectivity index (χ0n) is 12.8. The molecule has 1 aromatic rings. The third kappa shape index (κ3) is 8.30. The fourth-order valence-electron chi connectivity index (χ4n) is 1.65. The van der Waals surface area contributed by atoms with Gasteiger partial charge in [0, 0.05) is 7.11 Å². The summed E-state index contributed by atoms with van der Waals surface area (Å²) in [6, 6.07) is 8.41. The van der Waals surface area contributed by atoms with Gasteiger partial charge in [0.15, 0.2) is 0 Å². The highest BCUT2D eigenvalue weighted by Gasteiger charge is 2.00. The van der Waals surface area contributed by atoms with Gasteiger partial charge < -0.3 is 4.74 Å². The molecule has 0 radical (unpaired) electrons. The lowest BCUT2D eigenvalue weighted by Crippen LogP contribution is -1.94. The fourth-order valence-corrected chi connectivity index (χ4v) is 1.65. The van der Waals surface area contributed by atoms with Crippen LogP contribution in [0.5, 0.6) is 0 Å². The zero-order valence-corrected chi connectivity index (χ0v) is 12.8. The van der Waals surface area contributed by atoms with Crippen LogP contribution in [0.4, 0.5) is 0 Å². The summed E-state index contributed by atoms with van der Waals surface area (Å²) in [5.74, 6) is 0. The van der Waals surface area contributed by atoms with Gasteiger partial charge in [0.1, 0.15) is 0 Å². The number of benzene rings is 1. The number of hydrogen-bond donors (Lipinski definition) is 0. The number of unbranched alkanes of at least 4 members (excludes halogenated alkanes) is 4. The lowest BCUT2D eigenvalue weighted by Gasteiger charge is -2.08. The Balaban J connectivity index is 0.000000360. The Labute approximate surface area is 114 Å². The Kier molecular flexibility index (Phi) is 10.8. The van der Waals surface area contributed by atoms with Crippen LogP contribution in [0.15, 0.2) is 24.3 Å². The van der Waals surface area contributed by atoms with E-state index in [1.54, 1.807) is 7.11 Å². The van der Waals surface area contributed by atoms with Crippen LogP contribution < -0.4 is 0 Å². The average molecular weight is 250 g/mol. The first-order valence-electron chi connectivity index (χ1n) is 7.25. The Morgan fingerprint density at radius 1 is 0.944 bits per heavy atom. The van der Waals surface area contributed by atoms with E-state index in [-0.39, 0.29) is 6.10 Å². The van der Waals surface area contributed by atoms with Crippen molar-refractivity contribution in [1.82, 2.24) is 0 Å². The van der Waals surface area contributed by atoms with Crippen molar-refractivity contribution in [2.24, 2.45) is 0 Å². The van der Waals surface area contributed by atoms with E-state index < -0.39 is 0 Å². The van der Waals surface area contributed by atoms with E-state index in [0.717, 1.165) is 0 Å². The second-order valence-corrected chi connectivity index (χ2v) is 4.85. The number of methoxy groups -OCH3 is 1. The van der Waals surface area contributed by atoms with E-state index in [1.807, 2.05) is 6.92 Å². The van der Waals surface area contributed by atoms with Crippen LogP contribution in [-0.4, -0.2) is 7.11 Å². The van der Waals surface area contributed by atoms with Gasteiger partial charge in [0.05, 0.1) is 6.10 Å². The normalized spacial score (nSPS) is 11.6. The summed E-state index contributed by atoms with van der Waals surface area (Å²) in [6.45, 7) is 8.62. The van der Waals surface area contributed by atoms with Crippen molar-refractivity contribution in [2.75, 3.05) is 7.11 Å². The van der Waals surface area contributed by atoms with Crippen LogP contribution in [0.2, 0.25) is 0 Å². The van der Waals surface area contributed by atoms with Crippen molar-refractivity contribution in [3.8, 4) is 0 Å². The molecule has 0 bridgehead atoms. The predicted octanol–water partition coefficient (Wildman–Crippen LogP) is 5.68. The predicted molar refractivity (Wildman–Crippen MR) is 81.0 cm³/mol. The van der Waals surface area contributed by atoms with Crippen molar-refractivity contribution in [1.29, 1.82) is 0 Å². The Hall–Kier alpha value is -0.820. The van der Waals surface area contributed by atoms with E-state index in [9.17, 15) is 0 Å². The minimum Gasteiger partial charge on any atom is -0.377 e. The van der Waals surface area contributed by atoms with Crippen LogP contribution >= 0.6 is 0 Å². The average Bonchev–Trinajstić information content (AvgIpc) is 2.40. The second-order valence-electron chi connectivity index (χ2n) is 4.85. The highest BCUT2D eigenvalue weighted by atomic mass is 16.5. The first kappa shape index (κ1) is 17.2. The molecule has 1 aromatic carbocycles. The SMILES string of the molecule is CCCCCCC.COC(C)c1ccc(C)cc1. The van der Waals surface area contributed by atoms with Gasteiger partial charge in [-0.25, -0.2) is 0 Å². The standard InChI is InChI=1S/C10H14O.C7H16/c1-8-4-6-10(7-5-8)9(2)11-3;1-3-5-7-6-4-2/h4-7,9H,1-3H3;3-7H2,1-2H3. The van der Waals surface area contributed by atoms with Crippen LogP contribution in [0.25, 0.3) is 0 Å². The number of rotatable bonds is 6. The Morgan fingerprint density at radius 3 is 1.83 bits per heavy atom. The molecule has 0 fully saturated rings. The highest BCUT2D eigenvalue weighted by molar-refractivity contribution is 5.22. The van der Waals surface area contributed by atoms with Gasteiger partial charge >= 0.3 is 0 Å². The van der Waals surface area contributed by atoms with Gasteiger partial charge in [-0.3, -0.25) is 0 Å². The van der Waals surface area contributed by atoms with Gasteiger partial charge in [-0.05, 0) is 19.4 Å². The molecule has 0 aliphatic rings. The lowest BCUT2D eigenvalue weighted by atomic mass is 10.1. The topological polar surface area (TPSA) is 9.23 Å². The van der Waals surface area contributed by atoms with E-state index >= 15 is 0 Å². The molecule has 1 rings (SSSR count). The molecule has 0 heterocycles. The molecule has 0 aromatic heterocycles. The molecule has 1 unspecified atom stereocenters. The molecule has 1 nitrogen and oxygen atoms in total. The van der Waals surface area contributed by atoms with Crippen LogP contribution in [0.3, 0.4) is 0 Å². The minimum atomic E-state index is 0.204. The first-order valence-corrected chi connectivity index (χ1v) is 7.25. The van der Waals surface area contributed by atoms with Crippen molar-refractivity contribution in [3.63, 3.8) is 0 Å². The van der Waals surface area contributed by atoms with Crippen LogP contribution in [0, 0.1) is 6.92 Å². The number of aryl methyl sites for hydroxylation is 1. The molecule has 0 N–H and O–H groups in total. The molecule has 0 aliphatic carbocycles. The second kappa shape index (κ2) is 11.3. The molecule has 104 valence electrons. The smallest absolute Gasteiger partial charge is 0.0793 e.